The van der Waals surface area contributed by atoms with E-state index in [9.17, 15) is 18.4 Å². The SMILES string of the molecule is COc1cccc(C(=O)Nc2ccc(N3CCN(C(=O)c4cc(F)cc(F)c4)CC3)nc2)c1. The molecule has 1 fully saturated rings. The molecule has 0 unspecified atom stereocenters. The maximum absolute atomic E-state index is 13.4. The van der Waals surface area contributed by atoms with Gasteiger partial charge in [-0.3, -0.25) is 9.59 Å². The molecule has 2 amide bonds. The van der Waals surface area contributed by atoms with Crippen LogP contribution in [0.25, 0.3) is 0 Å². The van der Waals surface area contributed by atoms with Crippen molar-refractivity contribution >= 4 is 23.3 Å². The van der Waals surface area contributed by atoms with Crippen LogP contribution in [0.4, 0.5) is 20.3 Å². The van der Waals surface area contributed by atoms with Crippen LogP contribution in [0.3, 0.4) is 0 Å². The van der Waals surface area contributed by atoms with Crippen LogP contribution in [0.15, 0.2) is 60.8 Å². The second kappa shape index (κ2) is 9.64. The molecule has 33 heavy (non-hydrogen) atoms. The summed E-state index contributed by atoms with van der Waals surface area (Å²) in [5.41, 5.74) is 1.01. The van der Waals surface area contributed by atoms with Crippen molar-refractivity contribution in [1.29, 1.82) is 0 Å². The first-order valence-corrected chi connectivity index (χ1v) is 10.3. The summed E-state index contributed by atoms with van der Waals surface area (Å²) in [5.74, 6) is -0.935. The Balaban J connectivity index is 1.34. The largest absolute Gasteiger partial charge is 0.497 e. The molecule has 9 heteroatoms. The number of nitrogens with one attached hydrogen (secondary N) is 1. The van der Waals surface area contributed by atoms with Crippen molar-refractivity contribution in [2.24, 2.45) is 0 Å². The number of carbonyl (C=O) groups is 2. The molecule has 0 aliphatic carbocycles. The van der Waals surface area contributed by atoms with Crippen LogP contribution in [0.5, 0.6) is 5.75 Å². The van der Waals surface area contributed by atoms with E-state index in [1.54, 1.807) is 47.5 Å². The first-order valence-electron chi connectivity index (χ1n) is 10.3. The molecule has 0 radical (unpaired) electrons. The van der Waals surface area contributed by atoms with E-state index in [0.717, 1.165) is 18.2 Å². The number of rotatable bonds is 5. The van der Waals surface area contributed by atoms with Crippen molar-refractivity contribution in [3.05, 3.63) is 83.6 Å². The van der Waals surface area contributed by atoms with Gasteiger partial charge in [-0.2, -0.15) is 0 Å². The molecule has 170 valence electrons. The Hall–Kier alpha value is -4.01. The molecule has 4 rings (SSSR count). The molecule has 3 aromatic rings. The molecule has 1 saturated heterocycles. The summed E-state index contributed by atoms with van der Waals surface area (Å²) in [7, 11) is 1.54. The van der Waals surface area contributed by atoms with E-state index < -0.39 is 17.5 Å². The number of anilines is 2. The molecule has 0 atom stereocenters. The van der Waals surface area contributed by atoms with Gasteiger partial charge in [0.1, 0.15) is 23.2 Å². The van der Waals surface area contributed by atoms with Crippen LogP contribution >= 0.6 is 0 Å². The first kappa shape index (κ1) is 22.2. The van der Waals surface area contributed by atoms with Crippen LogP contribution in [-0.2, 0) is 0 Å². The van der Waals surface area contributed by atoms with Crippen molar-refractivity contribution in [2.45, 2.75) is 0 Å². The van der Waals surface area contributed by atoms with E-state index in [2.05, 4.69) is 10.3 Å². The fourth-order valence-electron chi connectivity index (χ4n) is 3.61. The van der Waals surface area contributed by atoms with Crippen molar-refractivity contribution in [3.8, 4) is 5.75 Å². The molecule has 1 aliphatic heterocycles. The Morgan fingerprint density at radius 2 is 1.67 bits per heavy atom. The second-order valence-corrected chi connectivity index (χ2v) is 7.53. The lowest BCUT2D eigenvalue weighted by atomic mass is 10.1. The zero-order valence-corrected chi connectivity index (χ0v) is 17.9. The quantitative estimate of drug-likeness (QED) is 0.641. The van der Waals surface area contributed by atoms with Crippen LogP contribution < -0.4 is 15.0 Å². The number of ether oxygens (including phenoxy) is 1. The second-order valence-electron chi connectivity index (χ2n) is 7.53. The average molecular weight is 452 g/mol. The molecule has 0 bridgehead atoms. The summed E-state index contributed by atoms with van der Waals surface area (Å²) < 4.78 is 32.0. The van der Waals surface area contributed by atoms with Gasteiger partial charge in [0.05, 0.1) is 19.0 Å². The highest BCUT2D eigenvalue weighted by Crippen LogP contribution is 2.19. The third-order valence-corrected chi connectivity index (χ3v) is 5.34. The maximum Gasteiger partial charge on any atom is 0.255 e. The predicted octanol–water partition coefficient (Wildman–Crippen LogP) is 3.58. The number of methoxy groups -OCH3 is 1. The van der Waals surface area contributed by atoms with E-state index in [-0.39, 0.29) is 11.5 Å². The Morgan fingerprint density at radius 1 is 0.939 bits per heavy atom. The van der Waals surface area contributed by atoms with E-state index >= 15 is 0 Å². The van der Waals surface area contributed by atoms with Gasteiger partial charge in [0.2, 0.25) is 0 Å². The van der Waals surface area contributed by atoms with E-state index in [0.29, 0.717) is 49.0 Å². The minimum atomic E-state index is -0.778. The van der Waals surface area contributed by atoms with E-state index in [1.165, 1.54) is 7.11 Å². The van der Waals surface area contributed by atoms with Gasteiger partial charge in [0.15, 0.2) is 0 Å². The Bertz CT molecular complexity index is 1140. The first-order chi connectivity index (χ1) is 15.9. The molecule has 1 aliphatic rings. The van der Waals surface area contributed by atoms with Gasteiger partial charge in [0, 0.05) is 43.4 Å². The average Bonchev–Trinajstić information content (AvgIpc) is 2.83. The fraction of sp³-hybridized carbons (Fsp3) is 0.208. The smallest absolute Gasteiger partial charge is 0.255 e. The third-order valence-electron chi connectivity index (χ3n) is 5.34. The number of aromatic nitrogens is 1. The number of amides is 2. The van der Waals surface area contributed by atoms with Crippen molar-refractivity contribution in [1.82, 2.24) is 9.88 Å². The number of benzene rings is 2. The monoisotopic (exact) mass is 452 g/mol. The van der Waals surface area contributed by atoms with Crippen molar-refractivity contribution in [3.63, 3.8) is 0 Å². The molecule has 7 nitrogen and oxygen atoms in total. The molecule has 1 N–H and O–H groups in total. The summed E-state index contributed by atoms with van der Waals surface area (Å²) in [6.07, 6.45) is 1.57. The zero-order chi connectivity index (χ0) is 23.4. The Kier molecular flexibility index (Phi) is 6.48. The molecular formula is C24H22F2N4O3. The van der Waals surface area contributed by atoms with Gasteiger partial charge < -0.3 is 19.9 Å². The maximum atomic E-state index is 13.4. The number of hydrogen-bond donors (Lipinski definition) is 1. The lowest BCUT2D eigenvalue weighted by molar-refractivity contribution is 0.0745. The van der Waals surface area contributed by atoms with Gasteiger partial charge in [-0.1, -0.05) is 6.07 Å². The van der Waals surface area contributed by atoms with Crippen molar-refractivity contribution < 1.29 is 23.1 Å². The number of pyridine rings is 1. The highest BCUT2D eigenvalue weighted by molar-refractivity contribution is 6.04. The van der Waals surface area contributed by atoms with Gasteiger partial charge in [0.25, 0.3) is 11.8 Å². The third kappa shape index (κ3) is 5.25. The number of piperazine rings is 1. The standard InChI is InChI=1S/C24H22F2N4O3/c1-33-21-4-2-3-16(13-21)23(31)28-20-5-6-22(27-15-20)29-7-9-30(10-8-29)24(32)17-11-18(25)14-19(26)12-17/h2-6,11-15H,7-10H2,1H3,(H,28,31). The minimum Gasteiger partial charge on any atom is -0.497 e. The number of hydrogen-bond acceptors (Lipinski definition) is 5. The molecule has 2 heterocycles. The zero-order valence-electron chi connectivity index (χ0n) is 17.9. The van der Waals surface area contributed by atoms with Crippen LogP contribution in [0, 0.1) is 11.6 Å². The fourth-order valence-corrected chi connectivity index (χ4v) is 3.61. The summed E-state index contributed by atoms with van der Waals surface area (Å²) in [5, 5.41) is 2.80. The van der Waals surface area contributed by atoms with Gasteiger partial charge in [-0.25, -0.2) is 13.8 Å². The van der Waals surface area contributed by atoms with Crippen molar-refractivity contribution in [2.75, 3.05) is 43.5 Å². The predicted molar refractivity (Wildman–Crippen MR) is 120 cm³/mol. The highest BCUT2D eigenvalue weighted by atomic mass is 19.1. The summed E-state index contributed by atoms with van der Waals surface area (Å²) >= 11 is 0. The molecule has 0 saturated carbocycles. The molecule has 2 aromatic carbocycles. The topological polar surface area (TPSA) is 74.8 Å². The van der Waals surface area contributed by atoms with Crippen LogP contribution in [0.2, 0.25) is 0 Å². The normalized spacial score (nSPS) is 13.5. The summed E-state index contributed by atoms with van der Waals surface area (Å²) in [6.45, 7) is 1.83. The number of halogens is 2. The number of nitrogens with zero attached hydrogens (tertiary/aromatic N) is 3. The van der Waals surface area contributed by atoms with Gasteiger partial charge in [-0.05, 0) is 42.5 Å². The van der Waals surface area contributed by atoms with Crippen LogP contribution in [-0.4, -0.2) is 55.0 Å². The van der Waals surface area contributed by atoms with E-state index in [4.69, 9.17) is 4.74 Å². The Morgan fingerprint density at radius 3 is 2.30 bits per heavy atom. The van der Waals surface area contributed by atoms with Gasteiger partial charge >= 0.3 is 0 Å². The minimum absolute atomic E-state index is 0.00444. The highest BCUT2D eigenvalue weighted by Gasteiger charge is 2.23. The summed E-state index contributed by atoms with van der Waals surface area (Å²) in [6, 6.07) is 13.2. The molecule has 0 spiro atoms. The summed E-state index contributed by atoms with van der Waals surface area (Å²) in [4.78, 5) is 33.0. The van der Waals surface area contributed by atoms with Crippen LogP contribution in [0.1, 0.15) is 20.7 Å². The lowest BCUT2D eigenvalue weighted by Crippen LogP contribution is -2.49. The lowest BCUT2D eigenvalue weighted by Gasteiger charge is -2.35. The number of carbonyl (C=O) groups excluding carboxylic acids is 2. The van der Waals surface area contributed by atoms with Gasteiger partial charge in [-0.15, -0.1) is 0 Å². The molecular weight excluding hydrogens is 430 g/mol. The van der Waals surface area contributed by atoms with E-state index in [1.807, 2.05) is 4.90 Å². The Labute approximate surface area is 189 Å². The molecule has 1 aromatic heterocycles.